The van der Waals surface area contributed by atoms with Crippen LogP contribution in [0.3, 0.4) is 0 Å². The number of benzene rings is 2. The van der Waals surface area contributed by atoms with Crippen molar-refractivity contribution in [3.8, 4) is 0 Å². The van der Waals surface area contributed by atoms with Gasteiger partial charge in [-0.25, -0.2) is 5.43 Å². The van der Waals surface area contributed by atoms with Crippen molar-refractivity contribution in [2.45, 2.75) is 12.8 Å². The Balaban J connectivity index is 2.14. The van der Waals surface area contributed by atoms with E-state index in [2.05, 4.69) is 10.5 Å². The van der Waals surface area contributed by atoms with Crippen LogP contribution in [-0.2, 0) is 4.79 Å². The largest absolute Gasteiger partial charge is 0.481 e. The third-order valence-corrected chi connectivity index (χ3v) is 3.33. The number of carboxylic acid groups (broad SMARTS) is 1. The highest BCUT2D eigenvalue weighted by atomic mass is 35.5. The van der Waals surface area contributed by atoms with Gasteiger partial charge in [-0.3, -0.25) is 9.59 Å². The average Bonchev–Trinajstić information content (AvgIpc) is 2.56. The van der Waals surface area contributed by atoms with Crippen LogP contribution in [0.5, 0.6) is 0 Å². The Bertz CT molecular complexity index is 712. The van der Waals surface area contributed by atoms with Gasteiger partial charge in [0.25, 0.3) is 5.91 Å². The van der Waals surface area contributed by atoms with E-state index in [4.69, 9.17) is 16.7 Å². The van der Waals surface area contributed by atoms with Gasteiger partial charge in [0.2, 0.25) is 0 Å². The number of carbonyl (C=O) groups excluding carboxylic acids is 1. The topological polar surface area (TPSA) is 78.8 Å². The van der Waals surface area contributed by atoms with Gasteiger partial charge in [0.15, 0.2) is 0 Å². The molecule has 2 aromatic rings. The number of nitrogens with one attached hydrogen (secondary N) is 1. The van der Waals surface area contributed by atoms with Crippen molar-refractivity contribution in [3.63, 3.8) is 0 Å². The number of hydrazone groups is 1. The van der Waals surface area contributed by atoms with Gasteiger partial charge < -0.3 is 5.11 Å². The zero-order valence-electron chi connectivity index (χ0n) is 12.2. The highest BCUT2D eigenvalue weighted by Crippen LogP contribution is 2.10. The van der Waals surface area contributed by atoms with Crippen LogP contribution in [0.25, 0.3) is 0 Å². The fourth-order valence-corrected chi connectivity index (χ4v) is 2.03. The minimum Gasteiger partial charge on any atom is -0.481 e. The Kier molecular flexibility index (Phi) is 5.88. The lowest BCUT2D eigenvalue weighted by molar-refractivity contribution is -0.136. The fourth-order valence-electron chi connectivity index (χ4n) is 1.90. The molecule has 1 amide bonds. The number of halogens is 1. The van der Waals surface area contributed by atoms with Gasteiger partial charge in [0.1, 0.15) is 0 Å². The molecular formula is C17H15ClN2O3. The van der Waals surface area contributed by atoms with E-state index in [1.807, 2.05) is 30.3 Å². The second kappa shape index (κ2) is 8.10. The summed E-state index contributed by atoms with van der Waals surface area (Å²) in [6.45, 7) is 0. The molecule has 0 bridgehead atoms. The first-order valence-corrected chi connectivity index (χ1v) is 7.34. The predicted molar refractivity (Wildman–Crippen MR) is 88.8 cm³/mol. The molecule has 2 N–H and O–H groups in total. The quantitative estimate of drug-likeness (QED) is 0.629. The molecule has 0 heterocycles. The van der Waals surface area contributed by atoms with E-state index >= 15 is 0 Å². The summed E-state index contributed by atoms with van der Waals surface area (Å²) < 4.78 is 0. The van der Waals surface area contributed by atoms with Gasteiger partial charge >= 0.3 is 5.97 Å². The number of carboxylic acids is 1. The molecule has 0 aliphatic rings. The Morgan fingerprint density at radius 3 is 2.22 bits per heavy atom. The predicted octanol–water partition coefficient (Wildman–Crippen LogP) is 3.34. The molecule has 0 aliphatic carbocycles. The van der Waals surface area contributed by atoms with Crippen LogP contribution in [0.15, 0.2) is 59.7 Å². The van der Waals surface area contributed by atoms with Crippen LogP contribution in [0.1, 0.15) is 28.8 Å². The van der Waals surface area contributed by atoms with Gasteiger partial charge in [0, 0.05) is 17.0 Å². The highest BCUT2D eigenvalue weighted by molar-refractivity contribution is 6.30. The molecule has 0 aromatic heterocycles. The maximum Gasteiger partial charge on any atom is 0.303 e. The van der Waals surface area contributed by atoms with Crippen molar-refractivity contribution >= 4 is 29.2 Å². The molecule has 0 aliphatic heterocycles. The lowest BCUT2D eigenvalue weighted by Gasteiger charge is -2.06. The van der Waals surface area contributed by atoms with Gasteiger partial charge in [-0.15, -0.1) is 0 Å². The zero-order valence-corrected chi connectivity index (χ0v) is 13.0. The van der Waals surface area contributed by atoms with Crippen molar-refractivity contribution in [1.82, 2.24) is 5.43 Å². The normalized spacial score (nSPS) is 11.1. The van der Waals surface area contributed by atoms with E-state index in [0.29, 0.717) is 16.3 Å². The summed E-state index contributed by atoms with van der Waals surface area (Å²) in [7, 11) is 0. The third-order valence-electron chi connectivity index (χ3n) is 3.08. The van der Waals surface area contributed by atoms with Gasteiger partial charge in [-0.05, 0) is 29.8 Å². The van der Waals surface area contributed by atoms with Gasteiger partial charge in [-0.2, -0.15) is 5.10 Å². The maximum atomic E-state index is 12.1. The summed E-state index contributed by atoms with van der Waals surface area (Å²) >= 11 is 5.78. The van der Waals surface area contributed by atoms with E-state index in [9.17, 15) is 9.59 Å². The Hall–Kier alpha value is -2.66. The second-order valence-corrected chi connectivity index (χ2v) is 5.20. The molecule has 0 atom stereocenters. The molecule has 0 unspecified atom stereocenters. The first kappa shape index (κ1) is 16.7. The minimum absolute atomic E-state index is 0.0649. The molecule has 0 saturated heterocycles. The maximum absolute atomic E-state index is 12.1. The molecular weight excluding hydrogens is 316 g/mol. The molecule has 0 saturated carbocycles. The first-order chi connectivity index (χ1) is 11.1. The summed E-state index contributed by atoms with van der Waals surface area (Å²) in [5.41, 5.74) is 4.15. The van der Waals surface area contributed by atoms with Crippen LogP contribution >= 0.6 is 11.6 Å². The lowest BCUT2D eigenvalue weighted by atomic mass is 10.1. The van der Waals surface area contributed by atoms with E-state index in [1.165, 1.54) is 0 Å². The summed E-state index contributed by atoms with van der Waals surface area (Å²) in [6, 6.07) is 15.5. The van der Waals surface area contributed by atoms with Crippen LogP contribution in [0.2, 0.25) is 5.02 Å². The molecule has 2 aromatic carbocycles. The fraction of sp³-hybridized carbons (Fsp3) is 0.118. The summed E-state index contributed by atoms with van der Waals surface area (Å²) in [6.07, 6.45) is 0.158. The number of aliphatic carboxylic acids is 1. The van der Waals surface area contributed by atoms with Crippen LogP contribution in [-0.4, -0.2) is 22.7 Å². The average molecular weight is 331 g/mol. The highest BCUT2D eigenvalue weighted by Gasteiger charge is 2.09. The molecule has 0 radical (unpaired) electrons. The van der Waals surface area contributed by atoms with Crippen LogP contribution in [0.4, 0.5) is 0 Å². The van der Waals surface area contributed by atoms with E-state index in [0.717, 1.165) is 5.56 Å². The Labute approximate surface area is 138 Å². The van der Waals surface area contributed by atoms with Gasteiger partial charge in [0.05, 0.1) is 12.1 Å². The van der Waals surface area contributed by atoms with E-state index in [-0.39, 0.29) is 18.7 Å². The minimum atomic E-state index is -0.919. The molecule has 5 nitrogen and oxygen atoms in total. The number of rotatable bonds is 6. The zero-order chi connectivity index (χ0) is 16.7. The molecule has 0 fully saturated rings. The Morgan fingerprint density at radius 1 is 0.957 bits per heavy atom. The molecule has 0 spiro atoms. The number of nitrogens with zero attached hydrogens (tertiary/aromatic N) is 1. The molecule has 118 valence electrons. The van der Waals surface area contributed by atoms with Crippen molar-refractivity contribution in [2.24, 2.45) is 5.10 Å². The lowest BCUT2D eigenvalue weighted by Crippen LogP contribution is -2.20. The van der Waals surface area contributed by atoms with Gasteiger partial charge in [-0.1, -0.05) is 41.9 Å². The number of hydrogen-bond acceptors (Lipinski definition) is 3. The van der Waals surface area contributed by atoms with Crippen molar-refractivity contribution in [3.05, 3.63) is 70.7 Å². The smallest absolute Gasteiger partial charge is 0.303 e. The van der Waals surface area contributed by atoms with Crippen LogP contribution in [0, 0.1) is 0 Å². The third kappa shape index (κ3) is 5.23. The van der Waals surface area contributed by atoms with Crippen LogP contribution < -0.4 is 5.43 Å². The standard InChI is InChI=1S/C17H15ClN2O3/c18-14-8-6-13(7-9-14)17(23)20-19-15(10-11-16(21)22)12-4-2-1-3-5-12/h1-9H,10-11H2,(H,20,23)(H,21,22)/b19-15+. The van der Waals surface area contributed by atoms with Crippen molar-refractivity contribution in [1.29, 1.82) is 0 Å². The van der Waals surface area contributed by atoms with E-state index < -0.39 is 5.97 Å². The molecule has 2 rings (SSSR count). The molecule has 23 heavy (non-hydrogen) atoms. The summed E-state index contributed by atoms with van der Waals surface area (Å²) in [4.78, 5) is 22.8. The monoisotopic (exact) mass is 330 g/mol. The number of amides is 1. The number of carbonyl (C=O) groups is 2. The summed E-state index contributed by atoms with van der Waals surface area (Å²) in [5.74, 6) is -1.30. The number of hydrogen-bond donors (Lipinski definition) is 2. The molecule has 6 heteroatoms. The second-order valence-electron chi connectivity index (χ2n) is 4.77. The van der Waals surface area contributed by atoms with Crippen molar-refractivity contribution in [2.75, 3.05) is 0 Å². The first-order valence-electron chi connectivity index (χ1n) is 6.96. The van der Waals surface area contributed by atoms with Crippen molar-refractivity contribution < 1.29 is 14.7 Å². The van der Waals surface area contributed by atoms with E-state index in [1.54, 1.807) is 24.3 Å². The SMILES string of the molecule is O=C(O)CC/C(=N\NC(=O)c1ccc(Cl)cc1)c1ccccc1. The Morgan fingerprint density at radius 2 is 1.61 bits per heavy atom. The summed E-state index contributed by atoms with van der Waals surface area (Å²) in [5, 5.41) is 13.5.